The number of aromatic nitrogens is 1. The number of thiazole rings is 1. The lowest BCUT2D eigenvalue weighted by molar-refractivity contribution is -0.113. The average molecular weight is 687 g/mol. The number of nitrogens with zero attached hydrogens (tertiary/aromatic N) is 1. The molecule has 15 heteroatoms. The van der Waals surface area contributed by atoms with E-state index in [-0.39, 0.29) is 26.7 Å². The van der Waals surface area contributed by atoms with Crippen molar-refractivity contribution >= 4 is 98.1 Å². The summed E-state index contributed by atoms with van der Waals surface area (Å²) in [4.78, 5) is 42.4. The first-order valence-corrected chi connectivity index (χ1v) is 15.0. The van der Waals surface area contributed by atoms with E-state index >= 15 is 0 Å². The lowest BCUT2D eigenvalue weighted by atomic mass is 10.1. The van der Waals surface area contributed by atoms with Crippen LogP contribution in [0.3, 0.4) is 0 Å². The topological polar surface area (TPSA) is 127 Å². The standard InChI is InChI=1S/C27H19Cl4N3O6S2/c1-39-16-8-3-12(9-17(16)40-2)15-10-42-27(33-15)34-18(35)11-41-14-6-4-13(5-7-14)32-25(36)19-20(26(37)38)22(29)24(31)23(30)21(19)28/h3-10H,11H2,1-2H3,(H,32,36)(H,37,38)(H,33,34,35). The number of nitrogens with one attached hydrogen (secondary N) is 2. The number of anilines is 2. The van der Waals surface area contributed by atoms with Gasteiger partial charge in [0.2, 0.25) is 5.91 Å². The van der Waals surface area contributed by atoms with Gasteiger partial charge in [0.1, 0.15) is 0 Å². The van der Waals surface area contributed by atoms with Gasteiger partial charge >= 0.3 is 5.97 Å². The van der Waals surface area contributed by atoms with Crippen LogP contribution in [0.1, 0.15) is 20.7 Å². The lowest BCUT2D eigenvalue weighted by Gasteiger charge is -2.14. The minimum absolute atomic E-state index is 0.107. The molecular formula is C27H19Cl4N3O6S2. The number of thioether (sulfide) groups is 1. The Bertz CT molecular complexity index is 1680. The van der Waals surface area contributed by atoms with Crippen LogP contribution >= 0.6 is 69.5 Å². The molecule has 0 aliphatic rings. The quantitative estimate of drug-likeness (QED) is 0.0867. The van der Waals surface area contributed by atoms with Gasteiger partial charge in [-0.15, -0.1) is 23.1 Å². The molecule has 4 rings (SSSR count). The molecule has 2 amide bonds. The molecule has 42 heavy (non-hydrogen) atoms. The molecule has 0 unspecified atom stereocenters. The number of aromatic carboxylic acids is 1. The summed E-state index contributed by atoms with van der Waals surface area (Å²) in [6.07, 6.45) is 0. The van der Waals surface area contributed by atoms with E-state index in [1.165, 1.54) is 23.1 Å². The fourth-order valence-electron chi connectivity index (χ4n) is 3.64. The van der Waals surface area contributed by atoms with Crippen molar-refractivity contribution in [2.45, 2.75) is 4.90 Å². The van der Waals surface area contributed by atoms with E-state index in [0.29, 0.717) is 28.0 Å². The van der Waals surface area contributed by atoms with Crippen molar-refractivity contribution in [1.29, 1.82) is 0 Å². The number of hydrogen-bond acceptors (Lipinski definition) is 8. The molecule has 218 valence electrons. The van der Waals surface area contributed by atoms with Crippen LogP contribution in [0.25, 0.3) is 11.3 Å². The second-order valence-electron chi connectivity index (χ2n) is 8.23. The minimum Gasteiger partial charge on any atom is -0.493 e. The molecule has 1 aromatic heterocycles. The van der Waals surface area contributed by atoms with Crippen LogP contribution in [0.5, 0.6) is 11.5 Å². The van der Waals surface area contributed by atoms with E-state index < -0.39 is 28.0 Å². The van der Waals surface area contributed by atoms with Crippen molar-refractivity contribution in [3.63, 3.8) is 0 Å². The normalized spacial score (nSPS) is 10.7. The smallest absolute Gasteiger partial charge is 0.338 e. The summed E-state index contributed by atoms with van der Waals surface area (Å²) in [5, 5.41) is 15.9. The number of carbonyl (C=O) groups is 3. The van der Waals surface area contributed by atoms with E-state index in [4.69, 9.17) is 55.9 Å². The Hall–Kier alpha value is -3.19. The summed E-state index contributed by atoms with van der Waals surface area (Å²) in [7, 11) is 3.11. The van der Waals surface area contributed by atoms with Crippen LogP contribution in [0.4, 0.5) is 10.8 Å². The summed E-state index contributed by atoms with van der Waals surface area (Å²) in [6.45, 7) is 0. The van der Waals surface area contributed by atoms with Crippen LogP contribution in [-0.4, -0.2) is 47.8 Å². The van der Waals surface area contributed by atoms with Gasteiger partial charge in [-0.3, -0.25) is 9.59 Å². The van der Waals surface area contributed by atoms with E-state index in [0.717, 1.165) is 10.5 Å². The Morgan fingerprint density at radius 1 is 0.881 bits per heavy atom. The van der Waals surface area contributed by atoms with Crippen LogP contribution in [0.15, 0.2) is 52.7 Å². The first-order valence-electron chi connectivity index (χ1n) is 11.6. The maximum atomic E-state index is 12.9. The zero-order chi connectivity index (χ0) is 30.6. The third-order valence-electron chi connectivity index (χ3n) is 5.62. The largest absolute Gasteiger partial charge is 0.493 e. The van der Waals surface area contributed by atoms with Gasteiger partial charge in [0.15, 0.2) is 16.6 Å². The second-order valence-corrected chi connectivity index (χ2v) is 11.7. The maximum absolute atomic E-state index is 12.9. The summed E-state index contributed by atoms with van der Waals surface area (Å²) in [5.74, 6) is -1.30. The zero-order valence-corrected chi connectivity index (χ0v) is 26.2. The molecule has 0 saturated heterocycles. The van der Waals surface area contributed by atoms with Crippen molar-refractivity contribution in [1.82, 2.24) is 4.98 Å². The Balaban J connectivity index is 1.36. The Kier molecular flexibility index (Phi) is 10.5. The third kappa shape index (κ3) is 7.05. The van der Waals surface area contributed by atoms with Gasteiger partial charge in [0.05, 0.1) is 56.9 Å². The lowest BCUT2D eigenvalue weighted by Crippen LogP contribution is -2.18. The highest BCUT2D eigenvalue weighted by molar-refractivity contribution is 8.00. The minimum atomic E-state index is -1.49. The Morgan fingerprint density at radius 2 is 1.52 bits per heavy atom. The second kappa shape index (κ2) is 13.9. The predicted molar refractivity (Wildman–Crippen MR) is 168 cm³/mol. The number of hydrogen-bond donors (Lipinski definition) is 3. The number of ether oxygens (including phenoxy) is 2. The number of carbonyl (C=O) groups excluding carboxylic acids is 2. The molecule has 1 heterocycles. The molecule has 0 atom stereocenters. The highest BCUT2D eigenvalue weighted by atomic mass is 35.5. The van der Waals surface area contributed by atoms with Crippen molar-refractivity contribution in [2.24, 2.45) is 0 Å². The van der Waals surface area contributed by atoms with Crippen molar-refractivity contribution in [3.05, 3.63) is 79.1 Å². The van der Waals surface area contributed by atoms with Gasteiger partial charge < -0.3 is 25.2 Å². The average Bonchev–Trinajstić information content (AvgIpc) is 3.45. The zero-order valence-electron chi connectivity index (χ0n) is 21.6. The van der Waals surface area contributed by atoms with Gasteiger partial charge in [-0.25, -0.2) is 9.78 Å². The molecule has 0 bridgehead atoms. The van der Waals surface area contributed by atoms with E-state index in [2.05, 4.69) is 15.6 Å². The van der Waals surface area contributed by atoms with Gasteiger partial charge in [-0.05, 0) is 42.5 Å². The third-order valence-corrected chi connectivity index (χ3v) is 9.19. The monoisotopic (exact) mass is 685 g/mol. The number of rotatable bonds is 10. The Labute approximate surface area is 268 Å². The number of carboxylic acid groups (broad SMARTS) is 1. The van der Waals surface area contributed by atoms with Gasteiger partial charge in [0.25, 0.3) is 5.91 Å². The highest BCUT2D eigenvalue weighted by Gasteiger charge is 2.29. The molecule has 4 aromatic rings. The van der Waals surface area contributed by atoms with Gasteiger partial charge in [-0.1, -0.05) is 46.4 Å². The van der Waals surface area contributed by atoms with Gasteiger partial charge in [-0.2, -0.15) is 0 Å². The van der Waals surface area contributed by atoms with Crippen molar-refractivity contribution in [3.8, 4) is 22.8 Å². The molecule has 0 aliphatic heterocycles. The predicted octanol–water partition coefficient (Wildman–Crippen LogP) is 8.12. The van der Waals surface area contributed by atoms with E-state index in [1.807, 2.05) is 11.4 Å². The molecule has 0 saturated carbocycles. The molecule has 3 aromatic carbocycles. The molecule has 0 spiro atoms. The molecule has 0 radical (unpaired) electrons. The molecule has 3 N–H and O–H groups in total. The first-order chi connectivity index (χ1) is 20.0. The number of halogens is 4. The highest BCUT2D eigenvalue weighted by Crippen LogP contribution is 2.42. The van der Waals surface area contributed by atoms with Gasteiger partial charge in [0, 0.05) is 21.5 Å². The van der Waals surface area contributed by atoms with E-state index in [9.17, 15) is 19.5 Å². The molecular weight excluding hydrogens is 668 g/mol. The van der Waals surface area contributed by atoms with Crippen molar-refractivity contribution < 1.29 is 29.0 Å². The maximum Gasteiger partial charge on any atom is 0.338 e. The van der Waals surface area contributed by atoms with Crippen LogP contribution in [-0.2, 0) is 4.79 Å². The summed E-state index contributed by atoms with van der Waals surface area (Å²) in [6, 6.07) is 12.0. The molecule has 9 nitrogen and oxygen atoms in total. The van der Waals surface area contributed by atoms with E-state index in [1.54, 1.807) is 50.6 Å². The van der Waals surface area contributed by atoms with Crippen LogP contribution in [0.2, 0.25) is 20.1 Å². The molecule has 0 fully saturated rings. The number of benzene rings is 3. The summed E-state index contributed by atoms with van der Waals surface area (Å²) < 4.78 is 10.6. The summed E-state index contributed by atoms with van der Waals surface area (Å²) in [5.41, 5.74) is 0.850. The number of carboxylic acids is 1. The molecule has 0 aliphatic carbocycles. The van der Waals surface area contributed by atoms with Crippen LogP contribution in [0, 0.1) is 0 Å². The number of methoxy groups -OCH3 is 2. The SMILES string of the molecule is COc1ccc(-c2csc(NC(=O)CSc3ccc(NC(=O)c4c(Cl)c(Cl)c(Cl)c(Cl)c4C(=O)O)cc3)n2)cc1OC. The summed E-state index contributed by atoms with van der Waals surface area (Å²) >= 11 is 26.7. The fourth-order valence-corrected chi connectivity index (χ4v) is 6.09. The van der Waals surface area contributed by atoms with Crippen LogP contribution < -0.4 is 20.1 Å². The fraction of sp³-hybridized carbons (Fsp3) is 0.111. The Morgan fingerprint density at radius 3 is 2.14 bits per heavy atom. The first kappa shape index (κ1) is 31.7. The van der Waals surface area contributed by atoms with Crippen molar-refractivity contribution in [2.75, 3.05) is 30.6 Å². The number of amides is 2.